The van der Waals surface area contributed by atoms with Gasteiger partial charge in [0.2, 0.25) is 0 Å². The van der Waals surface area contributed by atoms with Crippen molar-refractivity contribution in [2.24, 2.45) is 0 Å². The summed E-state index contributed by atoms with van der Waals surface area (Å²) in [5, 5.41) is 0. The van der Waals surface area contributed by atoms with Crippen LogP contribution in [0.1, 0.15) is 32.3 Å². The predicted octanol–water partition coefficient (Wildman–Crippen LogP) is 3.01. The number of methoxy groups -OCH3 is 2. The molecular weight excluding hydrogens is 276 g/mol. The Morgan fingerprint density at radius 2 is 1.68 bits per heavy atom. The maximum Gasteiger partial charge on any atom is 0.123 e. The summed E-state index contributed by atoms with van der Waals surface area (Å²) in [7, 11) is 3.44. The number of rotatable bonds is 7. The molecule has 1 aliphatic rings. The highest BCUT2D eigenvalue weighted by molar-refractivity contribution is 5.40. The quantitative estimate of drug-likeness (QED) is 0.773. The van der Waals surface area contributed by atoms with Gasteiger partial charge >= 0.3 is 0 Å². The lowest BCUT2D eigenvalue weighted by molar-refractivity contribution is 0.0876. The summed E-state index contributed by atoms with van der Waals surface area (Å²) >= 11 is 0. The zero-order valence-corrected chi connectivity index (χ0v) is 14.5. The Kier molecular flexibility index (Phi) is 6.52. The van der Waals surface area contributed by atoms with Crippen LogP contribution in [0.3, 0.4) is 0 Å². The lowest BCUT2D eigenvalue weighted by Gasteiger charge is -2.39. The van der Waals surface area contributed by atoms with Crippen molar-refractivity contribution in [2.75, 3.05) is 40.4 Å². The minimum absolute atomic E-state index is 0.744. The largest absolute Gasteiger partial charge is 0.497 e. The molecule has 0 bridgehead atoms. The number of piperazine rings is 1. The molecule has 22 heavy (non-hydrogen) atoms. The third-order valence-corrected chi connectivity index (χ3v) is 4.75. The van der Waals surface area contributed by atoms with Gasteiger partial charge in [-0.1, -0.05) is 13.8 Å². The number of benzene rings is 1. The van der Waals surface area contributed by atoms with Crippen LogP contribution in [0.25, 0.3) is 0 Å². The minimum Gasteiger partial charge on any atom is -0.497 e. The molecule has 4 nitrogen and oxygen atoms in total. The van der Waals surface area contributed by atoms with E-state index in [1.54, 1.807) is 14.2 Å². The van der Waals surface area contributed by atoms with Crippen LogP contribution in [0.4, 0.5) is 0 Å². The fraction of sp³-hybridized carbons (Fsp3) is 0.667. The van der Waals surface area contributed by atoms with Crippen LogP contribution in [0.15, 0.2) is 18.2 Å². The van der Waals surface area contributed by atoms with Gasteiger partial charge in [0.25, 0.3) is 0 Å². The molecule has 1 fully saturated rings. The van der Waals surface area contributed by atoms with E-state index in [9.17, 15) is 0 Å². The summed E-state index contributed by atoms with van der Waals surface area (Å²) in [6.07, 6.45) is 2.50. The molecule has 4 heteroatoms. The average molecular weight is 306 g/mol. The Hall–Kier alpha value is -1.26. The Morgan fingerprint density at radius 1 is 1.00 bits per heavy atom. The van der Waals surface area contributed by atoms with E-state index in [4.69, 9.17) is 9.47 Å². The molecule has 0 N–H and O–H groups in total. The van der Waals surface area contributed by atoms with Crippen LogP contribution in [-0.2, 0) is 6.54 Å². The Bertz CT molecular complexity index is 452. The highest BCUT2D eigenvalue weighted by atomic mass is 16.5. The normalized spacial score (nSPS) is 17.0. The van der Waals surface area contributed by atoms with Gasteiger partial charge in [-0.05, 0) is 31.0 Å². The van der Waals surface area contributed by atoms with E-state index in [0.29, 0.717) is 0 Å². The predicted molar refractivity (Wildman–Crippen MR) is 90.8 cm³/mol. The third kappa shape index (κ3) is 4.14. The zero-order chi connectivity index (χ0) is 15.9. The van der Waals surface area contributed by atoms with Crippen molar-refractivity contribution in [2.45, 2.75) is 39.3 Å². The van der Waals surface area contributed by atoms with Crippen molar-refractivity contribution in [3.63, 3.8) is 0 Å². The fourth-order valence-corrected chi connectivity index (χ4v) is 3.34. The summed E-state index contributed by atoms with van der Waals surface area (Å²) in [6, 6.07) is 6.78. The molecule has 0 aliphatic carbocycles. The maximum atomic E-state index is 5.49. The van der Waals surface area contributed by atoms with Crippen molar-refractivity contribution in [3.8, 4) is 11.5 Å². The number of hydrogen-bond acceptors (Lipinski definition) is 4. The monoisotopic (exact) mass is 306 g/mol. The fourth-order valence-electron chi connectivity index (χ4n) is 3.34. The second-order valence-corrected chi connectivity index (χ2v) is 5.96. The van der Waals surface area contributed by atoms with Gasteiger partial charge in [-0.25, -0.2) is 0 Å². The van der Waals surface area contributed by atoms with Crippen LogP contribution < -0.4 is 9.47 Å². The number of nitrogens with zero attached hydrogens (tertiary/aromatic N) is 2. The first-order chi connectivity index (χ1) is 10.7. The van der Waals surface area contributed by atoms with Gasteiger partial charge in [-0.15, -0.1) is 0 Å². The second kappa shape index (κ2) is 8.39. The highest BCUT2D eigenvalue weighted by Gasteiger charge is 2.22. The van der Waals surface area contributed by atoms with Crippen molar-refractivity contribution in [1.29, 1.82) is 0 Å². The second-order valence-electron chi connectivity index (χ2n) is 5.96. The summed E-state index contributed by atoms with van der Waals surface area (Å²) in [4.78, 5) is 5.15. The van der Waals surface area contributed by atoms with Crippen molar-refractivity contribution in [1.82, 2.24) is 9.80 Å². The molecule has 1 aromatic carbocycles. The Morgan fingerprint density at radius 3 is 2.23 bits per heavy atom. The van der Waals surface area contributed by atoms with E-state index < -0.39 is 0 Å². The summed E-state index contributed by atoms with van der Waals surface area (Å²) < 4.78 is 10.8. The van der Waals surface area contributed by atoms with Gasteiger partial charge < -0.3 is 9.47 Å². The molecule has 0 spiro atoms. The minimum atomic E-state index is 0.744. The lowest BCUT2D eigenvalue weighted by atomic mass is 10.1. The molecular formula is C18H30N2O2. The average Bonchev–Trinajstić information content (AvgIpc) is 2.57. The summed E-state index contributed by atoms with van der Waals surface area (Å²) in [5.41, 5.74) is 1.21. The topological polar surface area (TPSA) is 24.9 Å². The van der Waals surface area contributed by atoms with Crippen LogP contribution in [0.2, 0.25) is 0 Å². The van der Waals surface area contributed by atoms with E-state index in [1.807, 2.05) is 12.1 Å². The molecule has 0 unspecified atom stereocenters. The van der Waals surface area contributed by atoms with Gasteiger partial charge in [0.1, 0.15) is 11.5 Å². The zero-order valence-electron chi connectivity index (χ0n) is 14.5. The molecule has 0 saturated carbocycles. The van der Waals surface area contributed by atoms with Crippen molar-refractivity contribution < 1.29 is 9.47 Å². The Labute approximate surface area is 135 Å². The first-order valence-electron chi connectivity index (χ1n) is 8.39. The smallest absolute Gasteiger partial charge is 0.123 e. The molecule has 0 radical (unpaired) electrons. The van der Waals surface area contributed by atoms with E-state index in [-0.39, 0.29) is 0 Å². The third-order valence-electron chi connectivity index (χ3n) is 4.75. The number of hydrogen-bond donors (Lipinski definition) is 0. The molecule has 1 saturated heterocycles. The van der Waals surface area contributed by atoms with Gasteiger partial charge in [-0.2, -0.15) is 0 Å². The van der Waals surface area contributed by atoms with Crippen LogP contribution in [0, 0.1) is 0 Å². The van der Waals surface area contributed by atoms with Crippen molar-refractivity contribution >= 4 is 0 Å². The highest BCUT2D eigenvalue weighted by Crippen LogP contribution is 2.26. The molecule has 0 aromatic heterocycles. The van der Waals surface area contributed by atoms with Gasteiger partial charge in [0, 0.05) is 44.3 Å². The standard InChI is InChI=1S/C18H30N2O2/c1-5-16(6-2)20-11-9-19(10-12-20)14-15-13-17(21-3)7-8-18(15)22-4/h7-8,13,16H,5-6,9-12,14H2,1-4H3. The van der Waals surface area contributed by atoms with Gasteiger partial charge in [0.15, 0.2) is 0 Å². The molecule has 0 atom stereocenters. The molecule has 1 heterocycles. The summed E-state index contributed by atoms with van der Waals surface area (Å²) in [6.45, 7) is 10.1. The molecule has 124 valence electrons. The van der Waals surface area contributed by atoms with Crippen molar-refractivity contribution in [3.05, 3.63) is 23.8 Å². The van der Waals surface area contributed by atoms with Gasteiger partial charge in [-0.3, -0.25) is 9.80 Å². The number of ether oxygens (including phenoxy) is 2. The van der Waals surface area contributed by atoms with Crippen LogP contribution in [0.5, 0.6) is 11.5 Å². The molecule has 1 aromatic rings. The van der Waals surface area contributed by atoms with E-state index >= 15 is 0 Å². The van der Waals surface area contributed by atoms with E-state index in [2.05, 4.69) is 29.7 Å². The van der Waals surface area contributed by atoms with Gasteiger partial charge in [0.05, 0.1) is 14.2 Å². The van der Waals surface area contributed by atoms with E-state index in [1.165, 1.54) is 31.5 Å². The lowest BCUT2D eigenvalue weighted by Crippen LogP contribution is -2.49. The molecule has 2 rings (SSSR count). The van der Waals surface area contributed by atoms with E-state index in [0.717, 1.165) is 37.2 Å². The van der Waals surface area contributed by atoms with Crippen LogP contribution in [-0.4, -0.2) is 56.2 Å². The molecule has 1 aliphatic heterocycles. The molecule has 0 amide bonds. The SMILES string of the molecule is CCC(CC)N1CCN(Cc2cc(OC)ccc2OC)CC1. The maximum absolute atomic E-state index is 5.49. The Balaban J connectivity index is 1.96. The first kappa shape index (κ1) is 17.1. The first-order valence-corrected chi connectivity index (χ1v) is 8.39. The van der Waals surface area contributed by atoms with Crippen LogP contribution >= 0.6 is 0 Å². The summed E-state index contributed by atoms with van der Waals surface area (Å²) in [5.74, 6) is 1.84.